The molecule has 4 atom stereocenters. The van der Waals surface area contributed by atoms with Crippen molar-refractivity contribution in [3.8, 4) is 0 Å². The fraction of sp³-hybridized carbons (Fsp3) is 0.250. The number of carbonyl (C=O) groups excluding carboxylic acids is 4. The number of rotatable bonds is 6. The van der Waals surface area contributed by atoms with E-state index in [1.54, 1.807) is 0 Å². The van der Waals surface area contributed by atoms with Gasteiger partial charge >= 0.3 is 0 Å². The Bertz CT molecular complexity index is 1300. The molecule has 2 aromatic rings. The molecule has 0 radical (unpaired) electrons. The highest BCUT2D eigenvalue weighted by atomic mass is 35.5. The smallest absolute Gasteiger partial charge is 0.274 e. The van der Waals surface area contributed by atoms with E-state index in [1.807, 2.05) is 12.2 Å². The first-order valence-corrected chi connectivity index (χ1v) is 11.5. The number of imide groups is 1. The third-order valence-corrected chi connectivity index (χ3v) is 7.33. The zero-order valence-corrected chi connectivity index (χ0v) is 19.5. The van der Waals surface area contributed by atoms with E-state index in [2.05, 4.69) is 0 Å². The van der Waals surface area contributed by atoms with E-state index in [1.165, 1.54) is 30.3 Å². The third-order valence-electron chi connectivity index (χ3n) is 6.78. The normalized spacial score (nSPS) is 24.1. The second-order valence-corrected chi connectivity index (χ2v) is 9.55. The second kappa shape index (κ2) is 8.58. The van der Waals surface area contributed by atoms with Gasteiger partial charge in [0.15, 0.2) is 5.78 Å². The van der Waals surface area contributed by atoms with Crippen molar-refractivity contribution in [2.24, 2.45) is 23.7 Å². The molecule has 35 heavy (non-hydrogen) atoms. The summed E-state index contributed by atoms with van der Waals surface area (Å²) in [4.78, 5) is 63.7. The van der Waals surface area contributed by atoms with Crippen molar-refractivity contribution in [3.63, 3.8) is 0 Å². The quantitative estimate of drug-likeness (QED) is 0.189. The van der Waals surface area contributed by atoms with Gasteiger partial charge in [-0.15, -0.1) is 0 Å². The Hall–Kier alpha value is -3.56. The summed E-state index contributed by atoms with van der Waals surface area (Å²) < 4.78 is 0. The minimum absolute atomic E-state index is 0.00342. The van der Waals surface area contributed by atoms with Crippen LogP contribution in [0.2, 0.25) is 10.0 Å². The maximum Gasteiger partial charge on any atom is 0.274 e. The number of nitro groups is 1. The first-order chi connectivity index (χ1) is 16.7. The molecule has 0 aromatic heterocycles. The van der Waals surface area contributed by atoms with Crippen LogP contribution in [-0.2, 0) is 9.59 Å². The highest BCUT2D eigenvalue weighted by molar-refractivity contribution is 6.36. The Morgan fingerprint density at radius 2 is 1.60 bits per heavy atom. The van der Waals surface area contributed by atoms with Crippen LogP contribution in [-0.4, -0.2) is 45.0 Å². The van der Waals surface area contributed by atoms with E-state index in [0.717, 1.165) is 22.2 Å². The number of carbonyl (C=O) groups is 4. The molecule has 2 bridgehead atoms. The predicted octanol–water partition coefficient (Wildman–Crippen LogP) is 3.95. The topological polar surface area (TPSA) is 118 Å². The van der Waals surface area contributed by atoms with Crippen molar-refractivity contribution in [1.82, 2.24) is 10.0 Å². The van der Waals surface area contributed by atoms with Gasteiger partial charge in [0.25, 0.3) is 23.4 Å². The van der Waals surface area contributed by atoms with Gasteiger partial charge in [0.05, 0.1) is 27.3 Å². The lowest BCUT2D eigenvalue weighted by molar-refractivity contribution is -0.384. The first-order valence-electron chi connectivity index (χ1n) is 10.8. The summed E-state index contributed by atoms with van der Waals surface area (Å²) in [6.07, 6.45) is 4.55. The standard InChI is InChI=1S/C24H17Cl2N3O6/c25-15-5-8-17(18(26)10-15)22(31)27(11-19(30)12-3-6-16(7-4-12)29(34)35)28-23(32)20-13-1-2-14(9-13)21(20)24(28)33/h1-8,10,13-14,20-21H,9,11H2/t13-,14-,20+,21+/m0/s1. The number of nitro benzene ring substituents is 1. The number of hydrazine groups is 1. The first kappa shape index (κ1) is 23.2. The van der Waals surface area contributed by atoms with Gasteiger partial charge in [-0.1, -0.05) is 35.4 Å². The molecule has 0 spiro atoms. The molecule has 1 aliphatic heterocycles. The van der Waals surface area contributed by atoms with Crippen LogP contribution in [0.5, 0.6) is 0 Å². The van der Waals surface area contributed by atoms with E-state index in [4.69, 9.17) is 23.2 Å². The molecule has 2 fully saturated rings. The van der Waals surface area contributed by atoms with Gasteiger partial charge in [-0.3, -0.25) is 29.3 Å². The van der Waals surface area contributed by atoms with Crippen LogP contribution in [0.25, 0.3) is 0 Å². The summed E-state index contributed by atoms with van der Waals surface area (Å²) in [6.45, 7) is -0.644. The fourth-order valence-corrected chi connectivity index (χ4v) is 5.65. The average Bonchev–Trinajstić information content (AvgIpc) is 3.51. The van der Waals surface area contributed by atoms with E-state index in [0.29, 0.717) is 6.42 Å². The molecule has 3 aliphatic rings. The molecule has 1 saturated carbocycles. The lowest BCUT2D eigenvalue weighted by Gasteiger charge is -2.31. The number of fused-ring (bicyclic) bond motifs is 5. The molecule has 11 heteroatoms. The lowest BCUT2D eigenvalue weighted by Crippen LogP contribution is -2.52. The van der Waals surface area contributed by atoms with Crippen LogP contribution >= 0.6 is 23.2 Å². The maximum absolute atomic E-state index is 13.6. The van der Waals surface area contributed by atoms with Gasteiger partial charge in [-0.25, -0.2) is 5.01 Å². The van der Waals surface area contributed by atoms with Gasteiger partial charge in [-0.05, 0) is 48.6 Å². The van der Waals surface area contributed by atoms with Crippen LogP contribution in [0.4, 0.5) is 5.69 Å². The number of allylic oxidation sites excluding steroid dienone is 2. The monoisotopic (exact) mass is 513 g/mol. The molecular weight excluding hydrogens is 497 g/mol. The zero-order chi connectivity index (χ0) is 25.0. The summed E-state index contributed by atoms with van der Waals surface area (Å²) in [5.74, 6) is -3.84. The summed E-state index contributed by atoms with van der Waals surface area (Å²) in [5.41, 5.74) is -0.161. The van der Waals surface area contributed by atoms with Crippen LogP contribution in [0.15, 0.2) is 54.6 Å². The van der Waals surface area contributed by atoms with Crippen LogP contribution in [0.3, 0.4) is 0 Å². The number of benzene rings is 2. The number of halogens is 2. The van der Waals surface area contributed by atoms with E-state index in [9.17, 15) is 29.3 Å². The number of amides is 3. The highest BCUT2D eigenvalue weighted by Crippen LogP contribution is 2.52. The number of hydrogen-bond acceptors (Lipinski definition) is 6. The third kappa shape index (κ3) is 3.81. The summed E-state index contributed by atoms with van der Waals surface area (Å²) in [7, 11) is 0. The van der Waals surface area contributed by atoms with Crippen LogP contribution in [0, 0.1) is 33.8 Å². The Morgan fingerprint density at radius 1 is 1.00 bits per heavy atom. The van der Waals surface area contributed by atoms with Gasteiger partial charge in [0.1, 0.15) is 6.54 Å². The van der Waals surface area contributed by atoms with E-state index >= 15 is 0 Å². The number of hydrogen-bond donors (Lipinski definition) is 0. The molecule has 0 unspecified atom stereocenters. The molecule has 1 heterocycles. The van der Waals surface area contributed by atoms with Crippen molar-refractivity contribution in [3.05, 3.63) is 85.9 Å². The van der Waals surface area contributed by atoms with Crippen molar-refractivity contribution < 1.29 is 24.1 Å². The van der Waals surface area contributed by atoms with Gasteiger partial charge < -0.3 is 0 Å². The molecule has 3 amide bonds. The number of nitrogens with zero attached hydrogens (tertiary/aromatic N) is 3. The minimum Gasteiger partial charge on any atom is -0.292 e. The molecule has 2 aliphatic carbocycles. The van der Waals surface area contributed by atoms with Crippen LogP contribution < -0.4 is 0 Å². The number of ketones is 1. The van der Waals surface area contributed by atoms with Gasteiger partial charge in [0, 0.05) is 22.7 Å². The largest absolute Gasteiger partial charge is 0.292 e. The average molecular weight is 514 g/mol. The lowest BCUT2D eigenvalue weighted by atomic mass is 9.85. The van der Waals surface area contributed by atoms with Crippen molar-refractivity contribution in [2.75, 3.05) is 6.54 Å². The molecule has 5 rings (SSSR count). The zero-order valence-electron chi connectivity index (χ0n) is 18.0. The van der Waals surface area contributed by atoms with Crippen molar-refractivity contribution in [1.29, 1.82) is 0 Å². The van der Waals surface area contributed by atoms with Gasteiger partial charge in [-0.2, -0.15) is 5.01 Å². The van der Waals surface area contributed by atoms with Crippen molar-refractivity contribution in [2.45, 2.75) is 6.42 Å². The predicted molar refractivity (Wildman–Crippen MR) is 124 cm³/mol. The SMILES string of the molecule is O=C(CN(C(=O)c1ccc(Cl)cc1Cl)N1C(=O)[C@H]2[C@H](C1=O)[C@H]1C=C[C@H]2C1)c1ccc([N+](=O)[O-])cc1. The summed E-state index contributed by atoms with van der Waals surface area (Å²) in [6, 6.07) is 8.97. The second-order valence-electron chi connectivity index (χ2n) is 8.70. The van der Waals surface area contributed by atoms with E-state index in [-0.39, 0.29) is 38.7 Å². The molecule has 9 nitrogen and oxygen atoms in total. The Balaban J connectivity index is 1.50. The maximum atomic E-state index is 13.6. The number of Topliss-reactive ketones (excluding diaryl/α,β-unsaturated/α-hetero) is 1. The Kier molecular flexibility index (Phi) is 5.69. The summed E-state index contributed by atoms with van der Waals surface area (Å²) in [5, 5.41) is 12.8. The van der Waals surface area contributed by atoms with Crippen LogP contribution in [0.1, 0.15) is 27.1 Å². The highest BCUT2D eigenvalue weighted by Gasteiger charge is 2.61. The number of non-ortho nitro benzene ring substituents is 1. The molecule has 0 N–H and O–H groups in total. The minimum atomic E-state index is -0.816. The molecule has 178 valence electrons. The Labute approximate surface area is 209 Å². The Morgan fingerprint density at radius 3 is 2.14 bits per heavy atom. The fourth-order valence-electron chi connectivity index (χ4n) is 5.16. The molecule has 1 saturated heterocycles. The molecular formula is C24H17Cl2N3O6. The molecule has 2 aromatic carbocycles. The van der Waals surface area contributed by atoms with Gasteiger partial charge in [0.2, 0.25) is 0 Å². The van der Waals surface area contributed by atoms with Crippen molar-refractivity contribution >= 4 is 52.4 Å². The van der Waals surface area contributed by atoms with E-state index < -0.39 is 46.8 Å². The summed E-state index contributed by atoms with van der Waals surface area (Å²) >= 11 is 12.2.